The molecule has 0 aliphatic rings. The van der Waals surface area contributed by atoms with Crippen LogP contribution in [-0.4, -0.2) is 46.0 Å². The molecule has 0 nitrogen and oxygen atoms in total. The average molecular weight is 337 g/mol. The lowest BCUT2D eigenvalue weighted by Crippen LogP contribution is -1.85. The van der Waals surface area contributed by atoms with Crippen molar-refractivity contribution in [3.05, 3.63) is 0 Å². The van der Waals surface area contributed by atoms with Gasteiger partial charge >= 0.3 is 0 Å². The van der Waals surface area contributed by atoms with Crippen molar-refractivity contribution in [2.24, 2.45) is 0 Å². The Bertz CT molecular complexity index is 91.3. The second-order valence-corrected chi connectivity index (χ2v) is 7.06. The molecule has 0 unspecified atom stereocenters. The molecule has 0 fully saturated rings. The second-order valence-electron chi connectivity index (χ2n) is 2.83. The number of hydrogen-bond acceptors (Lipinski definition) is 6. The molecule has 0 aromatic heterocycles. The summed E-state index contributed by atoms with van der Waals surface area (Å²) < 4.78 is 0. The van der Waals surface area contributed by atoms with Gasteiger partial charge in [-0.15, -0.1) is 0 Å². The second kappa shape index (κ2) is 22.3. The van der Waals surface area contributed by atoms with Gasteiger partial charge in [-0.3, -0.25) is 0 Å². The minimum absolute atomic E-state index is 0.985. The Hall–Kier alpha value is 2.10. The van der Waals surface area contributed by atoms with Crippen LogP contribution in [0.2, 0.25) is 0 Å². The van der Waals surface area contributed by atoms with Crippen LogP contribution in [0.1, 0.15) is 12.8 Å². The van der Waals surface area contributed by atoms with E-state index >= 15 is 0 Å². The van der Waals surface area contributed by atoms with Crippen LogP contribution in [0.5, 0.6) is 0 Å². The predicted octanol–water partition coefficient (Wildman–Crippen LogP) is 3.94. The van der Waals surface area contributed by atoms with Crippen LogP contribution in [-0.2, 0) is 0 Å². The minimum atomic E-state index is 0.985. The largest absolute Gasteiger partial charge is 0.179 e. The summed E-state index contributed by atoms with van der Waals surface area (Å²) in [7, 11) is 0. The highest BCUT2D eigenvalue weighted by Crippen LogP contribution is 2.05. The van der Waals surface area contributed by atoms with Crippen LogP contribution in [0.3, 0.4) is 0 Å². The summed E-state index contributed by atoms with van der Waals surface area (Å²) in [4.78, 5) is 0. The molecule has 100 valence electrons. The number of thioether (sulfide) groups is 2. The zero-order valence-electron chi connectivity index (χ0n) is 9.68. The average Bonchev–Trinajstić information content (AvgIpc) is 2.31. The van der Waals surface area contributed by atoms with Gasteiger partial charge in [0.05, 0.1) is 0 Å². The fourth-order valence-corrected chi connectivity index (χ4v) is 3.55. The molecule has 0 heterocycles. The maximum atomic E-state index is 4.12. The zero-order valence-corrected chi connectivity index (χ0v) is 14.9. The number of hydrogen-bond donors (Lipinski definition) is 4. The third kappa shape index (κ3) is 25.1. The fraction of sp³-hybridized carbons (Fsp3) is 1.00. The van der Waals surface area contributed by atoms with E-state index in [1.54, 1.807) is 0 Å². The Balaban J connectivity index is 0. The molecule has 0 saturated carbocycles. The first-order valence-electron chi connectivity index (χ1n) is 5.42. The highest BCUT2D eigenvalue weighted by molar-refractivity contribution is 8.00. The molecular weight excluding hydrogens is 313 g/mol. The van der Waals surface area contributed by atoms with E-state index in [1.807, 2.05) is 23.5 Å². The molecule has 0 spiro atoms. The van der Waals surface area contributed by atoms with E-state index in [2.05, 4.69) is 50.5 Å². The fourth-order valence-electron chi connectivity index (χ4n) is 0.666. The van der Waals surface area contributed by atoms with Crippen molar-refractivity contribution >= 4 is 74.0 Å². The highest BCUT2D eigenvalue weighted by Gasteiger charge is 1.86. The molecule has 6 heteroatoms. The molecule has 0 radical (unpaired) electrons. The summed E-state index contributed by atoms with van der Waals surface area (Å²) in [5.41, 5.74) is 0. The van der Waals surface area contributed by atoms with Crippen molar-refractivity contribution in [3.63, 3.8) is 0 Å². The quantitative estimate of drug-likeness (QED) is 0.352. The summed E-state index contributed by atoms with van der Waals surface area (Å²) >= 11 is 20.2. The van der Waals surface area contributed by atoms with Crippen LogP contribution >= 0.6 is 74.0 Å². The topological polar surface area (TPSA) is 0 Å². The molecular formula is C10H24S6. The Labute approximate surface area is 132 Å². The van der Waals surface area contributed by atoms with Gasteiger partial charge in [0.15, 0.2) is 0 Å². The van der Waals surface area contributed by atoms with Gasteiger partial charge in [0.25, 0.3) is 0 Å². The molecule has 0 atom stereocenters. The molecule has 0 aliphatic carbocycles. The normalized spacial score (nSPS) is 9.75. The van der Waals surface area contributed by atoms with E-state index in [-0.39, 0.29) is 0 Å². The Morgan fingerprint density at radius 1 is 0.500 bits per heavy atom. The van der Waals surface area contributed by atoms with E-state index in [0.717, 1.165) is 34.5 Å². The molecule has 16 heavy (non-hydrogen) atoms. The van der Waals surface area contributed by atoms with Gasteiger partial charge in [0, 0.05) is 11.5 Å². The monoisotopic (exact) mass is 336 g/mol. The molecule has 0 amide bonds. The summed E-state index contributed by atoms with van der Waals surface area (Å²) in [6.07, 6.45) is 2.47. The smallest absolute Gasteiger partial charge is 0.00213 e. The van der Waals surface area contributed by atoms with Gasteiger partial charge < -0.3 is 0 Å². The molecule has 0 aromatic rings. The molecule has 0 aromatic carbocycles. The Morgan fingerprint density at radius 2 is 0.875 bits per heavy atom. The summed E-state index contributed by atoms with van der Waals surface area (Å²) in [6, 6.07) is 0. The third-order valence-electron chi connectivity index (χ3n) is 1.36. The third-order valence-corrected chi connectivity index (χ3v) is 5.19. The van der Waals surface area contributed by atoms with Crippen LogP contribution in [0.25, 0.3) is 0 Å². The van der Waals surface area contributed by atoms with Crippen LogP contribution in [0, 0.1) is 0 Å². The van der Waals surface area contributed by atoms with Crippen molar-refractivity contribution in [3.8, 4) is 0 Å². The summed E-state index contributed by atoms with van der Waals surface area (Å²) in [6.45, 7) is 0. The SMILES string of the molecule is SCCCSCCCS.SCCSCCS. The van der Waals surface area contributed by atoms with Crippen LogP contribution in [0.15, 0.2) is 0 Å². The molecule has 0 aliphatic heterocycles. The first kappa shape index (κ1) is 20.4. The first-order chi connectivity index (χ1) is 7.83. The maximum Gasteiger partial charge on any atom is 0.00213 e. The van der Waals surface area contributed by atoms with E-state index in [9.17, 15) is 0 Å². The lowest BCUT2D eigenvalue weighted by molar-refractivity contribution is 1.10. The minimum Gasteiger partial charge on any atom is -0.179 e. The lowest BCUT2D eigenvalue weighted by Gasteiger charge is -1.95. The van der Waals surface area contributed by atoms with Crippen molar-refractivity contribution in [2.45, 2.75) is 12.8 Å². The zero-order chi connectivity index (χ0) is 12.5. The lowest BCUT2D eigenvalue weighted by atomic mass is 10.6. The first-order valence-corrected chi connectivity index (χ1v) is 10.3. The predicted molar refractivity (Wildman–Crippen MR) is 99.3 cm³/mol. The van der Waals surface area contributed by atoms with Crippen molar-refractivity contribution in [2.75, 3.05) is 46.0 Å². The van der Waals surface area contributed by atoms with E-state index in [1.165, 1.54) is 24.3 Å². The van der Waals surface area contributed by atoms with Gasteiger partial charge in [-0.25, -0.2) is 0 Å². The van der Waals surface area contributed by atoms with E-state index in [0.29, 0.717) is 0 Å². The van der Waals surface area contributed by atoms with Crippen molar-refractivity contribution < 1.29 is 0 Å². The Kier molecular flexibility index (Phi) is 28.5. The van der Waals surface area contributed by atoms with Crippen molar-refractivity contribution in [1.29, 1.82) is 0 Å². The van der Waals surface area contributed by atoms with Crippen molar-refractivity contribution in [1.82, 2.24) is 0 Å². The van der Waals surface area contributed by atoms with Crippen LogP contribution in [0.4, 0.5) is 0 Å². The maximum absolute atomic E-state index is 4.12. The van der Waals surface area contributed by atoms with Gasteiger partial charge in [-0.05, 0) is 47.4 Å². The molecule has 0 N–H and O–H groups in total. The molecule has 0 saturated heterocycles. The standard InChI is InChI=1S/C6H14S3.C4H10S3/c7-3-1-5-9-6-2-4-8;5-1-3-7-4-2-6/h7-8H,1-6H2;5-6H,1-4H2. The molecule has 0 bridgehead atoms. The van der Waals surface area contributed by atoms with Gasteiger partial charge in [0.1, 0.15) is 0 Å². The van der Waals surface area contributed by atoms with E-state index in [4.69, 9.17) is 0 Å². The van der Waals surface area contributed by atoms with Gasteiger partial charge in [0.2, 0.25) is 0 Å². The number of thiol groups is 4. The number of rotatable bonds is 10. The van der Waals surface area contributed by atoms with E-state index < -0.39 is 0 Å². The van der Waals surface area contributed by atoms with Gasteiger partial charge in [-0.2, -0.15) is 74.0 Å². The summed E-state index contributed by atoms with van der Waals surface area (Å²) in [5.74, 6) is 8.85. The molecule has 0 rings (SSSR count). The van der Waals surface area contributed by atoms with Crippen LogP contribution < -0.4 is 0 Å². The summed E-state index contributed by atoms with van der Waals surface area (Å²) in [5, 5.41) is 0. The highest BCUT2D eigenvalue weighted by atomic mass is 32.2. The van der Waals surface area contributed by atoms with Gasteiger partial charge in [-0.1, -0.05) is 0 Å². The Morgan fingerprint density at radius 3 is 1.19 bits per heavy atom.